The maximum atomic E-state index is 5.44. The maximum absolute atomic E-state index is 5.44. The highest BCUT2D eigenvalue weighted by Gasteiger charge is 2.21. The molecule has 0 aliphatic rings. The lowest BCUT2D eigenvalue weighted by Gasteiger charge is -2.24. The molecular weight excluding hydrogens is 284 g/mol. The number of hydrogen-bond acceptors (Lipinski definition) is 2. The van der Waals surface area contributed by atoms with Gasteiger partial charge < -0.3 is 10.1 Å². The summed E-state index contributed by atoms with van der Waals surface area (Å²) in [6.45, 7) is 10.6. The number of ether oxygens (including phenoxy) is 1. The number of hydrogen-bond donors (Lipinski definition) is 1. The highest BCUT2D eigenvalue weighted by molar-refractivity contribution is 6.01. The zero-order valence-corrected chi connectivity index (χ0v) is 14.9. The van der Waals surface area contributed by atoms with Gasteiger partial charge in [-0.15, -0.1) is 0 Å². The van der Waals surface area contributed by atoms with E-state index < -0.39 is 0 Å². The molecule has 0 unspecified atom stereocenters. The van der Waals surface area contributed by atoms with Gasteiger partial charge in [0.25, 0.3) is 0 Å². The van der Waals surface area contributed by atoms with Crippen molar-refractivity contribution in [2.24, 2.45) is 10.4 Å². The summed E-state index contributed by atoms with van der Waals surface area (Å²) in [5.41, 5.74) is 4.19. The van der Waals surface area contributed by atoms with Crippen LogP contribution in [0.3, 0.4) is 0 Å². The predicted molar refractivity (Wildman–Crippen MR) is 99.1 cm³/mol. The first kappa shape index (κ1) is 17.1. The Balaban J connectivity index is 2.49. The SMILES string of the molecule is COc1ccccc1NC(=Nc1c(C)cccc1C)C(C)(C)C. The van der Waals surface area contributed by atoms with Crippen LogP contribution in [0.5, 0.6) is 5.75 Å². The summed E-state index contributed by atoms with van der Waals surface area (Å²) in [6, 6.07) is 14.2. The number of para-hydroxylation sites is 3. The van der Waals surface area contributed by atoms with Gasteiger partial charge in [0.15, 0.2) is 0 Å². The lowest BCUT2D eigenvalue weighted by molar-refractivity contribution is 0.416. The molecule has 3 heteroatoms. The Morgan fingerprint density at radius 2 is 1.57 bits per heavy atom. The minimum Gasteiger partial charge on any atom is -0.495 e. The van der Waals surface area contributed by atoms with Crippen molar-refractivity contribution in [3.8, 4) is 5.75 Å². The van der Waals surface area contributed by atoms with Gasteiger partial charge >= 0.3 is 0 Å². The van der Waals surface area contributed by atoms with Crippen LogP contribution in [0.15, 0.2) is 47.5 Å². The van der Waals surface area contributed by atoms with Gasteiger partial charge in [0.1, 0.15) is 11.6 Å². The highest BCUT2D eigenvalue weighted by Crippen LogP contribution is 2.30. The summed E-state index contributed by atoms with van der Waals surface area (Å²) in [6.07, 6.45) is 0. The van der Waals surface area contributed by atoms with Gasteiger partial charge in [-0.25, -0.2) is 4.99 Å². The Labute approximate surface area is 139 Å². The normalized spacial score (nSPS) is 12.2. The van der Waals surface area contributed by atoms with Crippen molar-refractivity contribution in [2.75, 3.05) is 12.4 Å². The van der Waals surface area contributed by atoms with Gasteiger partial charge in [-0.2, -0.15) is 0 Å². The van der Waals surface area contributed by atoms with Gasteiger partial charge in [-0.3, -0.25) is 0 Å². The average Bonchev–Trinajstić information content (AvgIpc) is 2.49. The number of aliphatic imine (C=N–C) groups is 1. The number of nitrogens with zero attached hydrogens (tertiary/aromatic N) is 1. The van der Waals surface area contributed by atoms with E-state index in [0.717, 1.165) is 23.0 Å². The average molecular weight is 310 g/mol. The van der Waals surface area contributed by atoms with Crippen LogP contribution in [-0.2, 0) is 0 Å². The molecular formula is C20H26N2O. The van der Waals surface area contributed by atoms with E-state index in [4.69, 9.17) is 9.73 Å². The zero-order valence-electron chi connectivity index (χ0n) is 14.9. The molecule has 0 bridgehead atoms. The number of rotatable bonds is 3. The van der Waals surface area contributed by atoms with Crippen molar-refractivity contribution in [1.29, 1.82) is 0 Å². The topological polar surface area (TPSA) is 33.6 Å². The summed E-state index contributed by atoms with van der Waals surface area (Å²) in [4.78, 5) is 4.95. The van der Waals surface area contributed by atoms with E-state index in [0.29, 0.717) is 0 Å². The van der Waals surface area contributed by atoms with Crippen molar-refractivity contribution in [3.05, 3.63) is 53.6 Å². The number of amidine groups is 1. The summed E-state index contributed by atoms with van der Waals surface area (Å²) in [7, 11) is 1.68. The standard InChI is InChI=1S/C20H26N2O/c1-14-10-9-11-15(2)18(14)22-19(20(3,4)5)21-16-12-7-8-13-17(16)23-6/h7-13H,1-6H3,(H,21,22). The van der Waals surface area contributed by atoms with Gasteiger partial charge in [0.2, 0.25) is 0 Å². The van der Waals surface area contributed by atoms with Crippen LogP contribution in [0, 0.1) is 19.3 Å². The monoisotopic (exact) mass is 310 g/mol. The van der Waals surface area contributed by atoms with Gasteiger partial charge in [-0.05, 0) is 37.1 Å². The van der Waals surface area contributed by atoms with Crippen LogP contribution in [0.1, 0.15) is 31.9 Å². The molecule has 0 spiro atoms. The lowest BCUT2D eigenvalue weighted by Crippen LogP contribution is -2.28. The first-order valence-corrected chi connectivity index (χ1v) is 7.88. The Hall–Kier alpha value is -2.29. The fraction of sp³-hybridized carbons (Fsp3) is 0.350. The molecule has 0 fully saturated rings. The van der Waals surface area contributed by atoms with Crippen molar-refractivity contribution >= 4 is 17.2 Å². The Morgan fingerprint density at radius 1 is 0.957 bits per heavy atom. The van der Waals surface area contributed by atoms with E-state index in [2.05, 4.69) is 58.1 Å². The molecule has 0 aliphatic carbocycles. The third kappa shape index (κ3) is 4.13. The molecule has 0 heterocycles. The first-order chi connectivity index (χ1) is 10.8. The molecule has 23 heavy (non-hydrogen) atoms. The second-order valence-electron chi connectivity index (χ2n) is 6.78. The minimum atomic E-state index is -0.116. The van der Waals surface area contributed by atoms with Crippen molar-refractivity contribution in [3.63, 3.8) is 0 Å². The molecule has 2 aromatic carbocycles. The molecule has 2 rings (SSSR count). The molecule has 122 valence electrons. The van der Waals surface area contributed by atoms with Gasteiger partial charge in [-0.1, -0.05) is 51.1 Å². The molecule has 0 saturated carbocycles. The molecule has 2 aromatic rings. The van der Waals surface area contributed by atoms with Crippen LogP contribution in [0.4, 0.5) is 11.4 Å². The van der Waals surface area contributed by atoms with Crippen LogP contribution in [0.25, 0.3) is 0 Å². The summed E-state index contributed by atoms with van der Waals surface area (Å²) < 4.78 is 5.44. The molecule has 0 aliphatic heterocycles. The third-order valence-electron chi connectivity index (χ3n) is 3.73. The largest absolute Gasteiger partial charge is 0.495 e. The van der Waals surface area contributed by atoms with Crippen molar-refractivity contribution in [1.82, 2.24) is 0 Å². The second-order valence-corrected chi connectivity index (χ2v) is 6.78. The first-order valence-electron chi connectivity index (χ1n) is 7.88. The van der Waals surface area contributed by atoms with E-state index in [-0.39, 0.29) is 5.41 Å². The highest BCUT2D eigenvalue weighted by atomic mass is 16.5. The maximum Gasteiger partial charge on any atom is 0.142 e. The van der Waals surface area contributed by atoms with Crippen LogP contribution < -0.4 is 10.1 Å². The van der Waals surface area contributed by atoms with Crippen molar-refractivity contribution in [2.45, 2.75) is 34.6 Å². The van der Waals surface area contributed by atoms with Gasteiger partial charge in [0.05, 0.1) is 18.5 Å². The van der Waals surface area contributed by atoms with E-state index in [9.17, 15) is 0 Å². The number of nitrogens with one attached hydrogen (secondary N) is 1. The van der Waals surface area contributed by atoms with E-state index >= 15 is 0 Å². The molecule has 3 nitrogen and oxygen atoms in total. The number of anilines is 1. The summed E-state index contributed by atoms with van der Waals surface area (Å²) in [5, 5.41) is 3.47. The number of aryl methyl sites for hydroxylation is 2. The molecule has 0 radical (unpaired) electrons. The third-order valence-corrected chi connectivity index (χ3v) is 3.73. The summed E-state index contributed by atoms with van der Waals surface area (Å²) in [5.74, 6) is 1.73. The molecule has 0 amide bonds. The van der Waals surface area contributed by atoms with Gasteiger partial charge in [0, 0.05) is 5.41 Å². The van der Waals surface area contributed by atoms with E-state index in [1.807, 2.05) is 24.3 Å². The zero-order chi connectivity index (χ0) is 17.0. The number of methoxy groups -OCH3 is 1. The van der Waals surface area contributed by atoms with Crippen LogP contribution in [0.2, 0.25) is 0 Å². The molecule has 1 N–H and O–H groups in total. The minimum absolute atomic E-state index is 0.116. The lowest BCUT2D eigenvalue weighted by atomic mass is 9.94. The van der Waals surface area contributed by atoms with Crippen LogP contribution >= 0.6 is 0 Å². The Morgan fingerprint density at radius 3 is 2.13 bits per heavy atom. The quantitative estimate of drug-likeness (QED) is 0.600. The second kappa shape index (κ2) is 6.86. The fourth-order valence-electron chi connectivity index (χ4n) is 2.35. The predicted octanol–water partition coefficient (Wildman–Crippen LogP) is 5.50. The fourth-order valence-corrected chi connectivity index (χ4v) is 2.35. The number of benzene rings is 2. The van der Waals surface area contributed by atoms with E-state index in [1.54, 1.807) is 7.11 Å². The smallest absolute Gasteiger partial charge is 0.142 e. The molecule has 0 saturated heterocycles. The summed E-state index contributed by atoms with van der Waals surface area (Å²) >= 11 is 0. The Bertz CT molecular complexity index is 692. The van der Waals surface area contributed by atoms with Crippen molar-refractivity contribution < 1.29 is 4.74 Å². The Kier molecular flexibility index (Phi) is 5.09. The van der Waals surface area contributed by atoms with E-state index in [1.165, 1.54) is 11.1 Å². The molecule has 0 atom stereocenters. The van der Waals surface area contributed by atoms with Crippen LogP contribution in [-0.4, -0.2) is 12.9 Å². The molecule has 0 aromatic heterocycles.